The van der Waals surface area contributed by atoms with Gasteiger partial charge in [0.05, 0.1) is 5.56 Å². The second-order valence-electron chi connectivity index (χ2n) is 4.44. The Morgan fingerprint density at radius 1 is 1.41 bits per heavy atom. The molecule has 2 nitrogen and oxygen atoms in total. The van der Waals surface area contributed by atoms with Crippen molar-refractivity contribution in [2.24, 2.45) is 5.41 Å². The van der Waals surface area contributed by atoms with Crippen LogP contribution in [0.4, 0.5) is 8.78 Å². The lowest BCUT2D eigenvalue weighted by Crippen LogP contribution is -2.31. The molecule has 1 aliphatic carbocycles. The van der Waals surface area contributed by atoms with Gasteiger partial charge in [0.1, 0.15) is 11.6 Å². The van der Waals surface area contributed by atoms with Gasteiger partial charge in [-0.1, -0.05) is 0 Å². The molecule has 0 bridgehead atoms. The summed E-state index contributed by atoms with van der Waals surface area (Å²) in [5.74, 6) is -1.48. The topological polar surface area (TPSA) is 29.1 Å². The lowest BCUT2D eigenvalue weighted by molar-refractivity contribution is 0.0942. The molecule has 92 valence electrons. The number of carbonyl (C=O) groups excluding carboxylic acids is 1. The number of benzene rings is 1. The fourth-order valence-electron chi connectivity index (χ4n) is 1.57. The predicted octanol–water partition coefficient (Wildman–Crippen LogP) is 2.71. The zero-order valence-corrected chi connectivity index (χ0v) is 9.86. The third-order valence-corrected chi connectivity index (χ3v) is 3.60. The summed E-state index contributed by atoms with van der Waals surface area (Å²) in [6.07, 6.45) is 1.92. The van der Waals surface area contributed by atoms with Crippen LogP contribution in [0.25, 0.3) is 0 Å². The van der Waals surface area contributed by atoms with Crippen molar-refractivity contribution in [3.63, 3.8) is 0 Å². The summed E-state index contributed by atoms with van der Waals surface area (Å²) >= 11 is 5.76. The zero-order valence-electron chi connectivity index (χ0n) is 9.10. The summed E-state index contributed by atoms with van der Waals surface area (Å²) in [6, 6.07) is 2.82. The highest BCUT2D eigenvalue weighted by molar-refractivity contribution is 6.18. The molecule has 0 atom stereocenters. The summed E-state index contributed by atoms with van der Waals surface area (Å²) < 4.78 is 26.2. The van der Waals surface area contributed by atoms with Gasteiger partial charge in [-0.3, -0.25) is 4.79 Å². The van der Waals surface area contributed by atoms with E-state index in [9.17, 15) is 13.6 Å². The molecular formula is C12H12ClF2NO. The maximum atomic E-state index is 13.3. The molecule has 17 heavy (non-hydrogen) atoms. The third kappa shape index (κ3) is 2.75. The summed E-state index contributed by atoms with van der Waals surface area (Å²) in [6.45, 7) is 0.408. The number of rotatable bonds is 4. The number of hydrogen-bond donors (Lipinski definition) is 1. The van der Waals surface area contributed by atoms with Crippen LogP contribution < -0.4 is 5.32 Å². The second kappa shape index (κ2) is 4.61. The molecule has 0 radical (unpaired) electrons. The van der Waals surface area contributed by atoms with Crippen molar-refractivity contribution >= 4 is 17.5 Å². The van der Waals surface area contributed by atoms with E-state index in [-0.39, 0.29) is 11.0 Å². The lowest BCUT2D eigenvalue weighted by atomic mass is 10.1. The van der Waals surface area contributed by atoms with Gasteiger partial charge in [0.2, 0.25) is 0 Å². The van der Waals surface area contributed by atoms with Crippen molar-refractivity contribution in [2.45, 2.75) is 12.8 Å². The molecule has 1 saturated carbocycles. The molecule has 2 rings (SSSR count). The van der Waals surface area contributed by atoms with Crippen molar-refractivity contribution in [3.05, 3.63) is 35.4 Å². The van der Waals surface area contributed by atoms with E-state index in [2.05, 4.69) is 5.32 Å². The van der Waals surface area contributed by atoms with E-state index in [0.717, 1.165) is 31.0 Å². The molecule has 1 N–H and O–H groups in total. The number of hydrogen-bond acceptors (Lipinski definition) is 1. The third-order valence-electron chi connectivity index (χ3n) is 3.04. The number of carbonyl (C=O) groups is 1. The molecule has 1 fully saturated rings. The molecule has 0 saturated heterocycles. The molecule has 0 unspecified atom stereocenters. The molecule has 1 aromatic carbocycles. The van der Waals surface area contributed by atoms with Gasteiger partial charge in [-0.15, -0.1) is 11.6 Å². The van der Waals surface area contributed by atoms with Crippen molar-refractivity contribution in [1.82, 2.24) is 5.32 Å². The normalized spacial score (nSPS) is 16.6. The minimum Gasteiger partial charge on any atom is -0.351 e. The summed E-state index contributed by atoms with van der Waals surface area (Å²) in [5.41, 5.74) is -0.309. The first kappa shape index (κ1) is 12.3. The highest BCUT2D eigenvalue weighted by Gasteiger charge is 2.41. The van der Waals surface area contributed by atoms with Crippen LogP contribution in [0.3, 0.4) is 0 Å². The van der Waals surface area contributed by atoms with Crippen LogP contribution in [-0.2, 0) is 0 Å². The van der Waals surface area contributed by atoms with Crippen LogP contribution in [0.15, 0.2) is 18.2 Å². The lowest BCUT2D eigenvalue weighted by Gasteiger charge is -2.12. The molecule has 5 heteroatoms. The summed E-state index contributed by atoms with van der Waals surface area (Å²) in [5, 5.41) is 2.59. The van der Waals surface area contributed by atoms with E-state index in [1.807, 2.05) is 0 Å². The SMILES string of the molecule is O=C(NCC1(CCl)CC1)c1cc(F)ccc1F. The van der Waals surface area contributed by atoms with E-state index in [4.69, 9.17) is 11.6 Å². The van der Waals surface area contributed by atoms with Crippen LogP contribution in [-0.4, -0.2) is 18.3 Å². The van der Waals surface area contributed by atoms with Crippen molar-refractivity contribution in [3.8, 4) is 0 Å². The van der Waals surface area contributed by atoms with Crippen LogP contribution in [0.1, 0.15) is 23.2 Å². The molecule has 1 aromatic rings. The number of amides is 1. The van der Waals surface area contributed by atoms with Gasteiger partial charge >= 0.3 is 0 Å². The van der Waals surface area contributed by atoms with E-state index in [0.29, 0.717) is 12.4 Å². The van der Waals surface area contributed by atoms with Gasteiger partial charge in [-0.05, 0) is 31.0 Å². The Morgan fingerprint density at radius 3 is 2.71 bits per heavy atom. The molecule has 1 amide bonds. The Balaban J connectivity index is 2.02. The molecule has 0 spiro atoms. The quantitative estimate of drug-likeness (QED) is 0.828. The molecule has 1 aliphatic rings. The maximum Gasteiger partial charge on any atom is 0.254 e. The second-order valence-corrected chi connectivity index (χ2v) is 4.71. The Bertz CT molecular complexity index is 446. The van der Waals surface area contributed by atoms with Crippen molar-refractivity contribution < 1.29 is 13.6 Å². The highest BCUT2D eigenvalue weighted by atomic mass is 35.5. The minimum absolute atomic E-state index is 0.0407. The highest BCUT2D eigenvalue weighted by Crippen LogP contribution is 2.45. The smallest absolute Gasteiger partial charge is 0.254 e. The predicted molar refractivity (Wildman–Crippen MR) is 61.1 cm³/mol. The van der Waals surface area contributed by atoms with Gasteiger partial charge in [0.25, 0.3) is 5.91 Å². The van der Waals surface area contributed by atoms with Gasteiger partial charge in [-0.25, -0.2) is 8.78 Å². The molecule has 0 aliphatic heterocycles. The first-order valence-electron chi connectivity index (χ1n) is 5.36. The van der Waals surface area contributed by atoms with Crippen LogP contribution in [0.5, 0.6) is 0 Å². The Morgan fingerprint density at radius 2 is 2.12 bits per heavy atom. The monoisotopic (exact) mass is 259 g/mol. The fourth-order valence-corrected chi connectivity index (χ4v) is 1.93. The largest absolute Gasteiger partial charge is 0.351 e. The van der Waals surface area contributed by atoms with Crippen LogP contribution in [0, 0.1) is 17.0 Å². The molecule has 0 heterocycles. The van der Waals surface area contributed by atoms with E-state index in [1.165, 1.54) is 0 Å². The van der Waals surface area contributed by atoms with Gasteiger partial charge < -0.3 is 5.32 Å². The molecule has 0 aromatic heterocycles. The Kier molecular flexibility index (Phi) is 3.33. The van der Waals surface area contributed by atoms with Crippen molar-refractivity contribution in [2.75, 3.05) is 12.4 Å². The standard InChI is InChI=1S/C12H12ClF2NO/c13-6-12(3-4-12)7-16-11(17)9-5-8(14)1-2-10(9)15/h1-2,5H,3-4,6-7H2,(H,16,17). The number of nitrogens with one attached hydrogen (secondary N) is 1. The van der Waals surface area contributed by atoms with Gasteiger partial charge in [0, 0.05) is 17.8 Å². The van der Waals surface area contributed by atoms with Crippen LogP contribution in [0.2, 0.25) is 0 Å². The minimum atomic E-state index is -0.723. The Labute approximate surface area is 103 Å². The van der Waals surface area contributed by atoms with E-state index in [1.54, 1.807) is 0 Å². The first-order chi connectivity index (χ1) is 8.06. The van der Waals surface area contributed by atoms with E-state index < -0.39 is 17.5 Å². The average Bonchev–Trinajstić information content (AvgIpc) is 3.10. The Hall–Kier alpha value is -1.16. The fraction of sp³-hybridized carbons (Fsp3) is 0.417. The summed E-state index contributed by atoms with van der Waals surface area (Å²) in [7, 11) is 0. The first-order valence-corrected chi connectivity index (χ1v) is 5.89. The number of alkyl halides is 1. The van der Waals surface area contributed by atoms with Gasteiger partial charge in [-0.2, -0.15) is 0 Å². The molecular weight excluding hydrogens is 248 g/mol. The van der Waals surface area contributed by atoms with Crippen LogP contribution >= 0.6 is 11.6 Å². The van der Waals surface area contributed by atoms with Gasteiger partial charge in [0.15, 0.2) is 0 Å². The average molecular weight is 260 g/mol. The van der Waals surface area contributed by atoms with E-state index >= 15 is 0 Å². The maximum absolute atomic E-state index is 13.3. The number of halogens is 3. The zero-order chi connectivity index (χ0) is 12.5. The summed E-state index contributed by atoms with van der Waals surface area (Å²) in [4.78, 5) is 11.6. The van der Waals surface area contributed by atoms with Crippen molar-refractivity contribution in [1.29, 1.82) is 0 Å².